The van der Waals surface area contributed by atoms with Gasteiger partial charge in [0.15, 0.2) is 6.10 Å². The monoisotopic (exact) mass is 465 g/mol. The maximum atomic E-state index is 12.7. The Kier molecular flexibility index (Phi) is 7.80. The summed E-state index contributed by atoms with van der Waals surface area (Å²) >= 11 is 0. The van der Waals surface area contributed by atoms with Crippen LogP contribution in [0.3, 0.4) is 0 Å². The number of amides is 2. The topological polar surface area (TPSA) is 71.1 Å². The van der Waals surface area contributed by atoms with Gasteiger partial charge in [-0.3, -0.25) is 14.5 Å². The summed E-state index contributed by atoms with van der Waals surface area (Å²) in [6.07, 6.45) is -5.38. The van der Waals surface area contributed by atoms with Crippen LogP contribution in [-0.2, 0) is 9.59 Å². The van der Waals surface area contributed by atoms with E-state index in [4.69, 9.17) is 4.74 Å². The van der Waals surface area contributed by atoms with Crippen LogP contribution in [0.25, 0.3) is 0 Å². The number of hydrogen-bond donors (Lipinski definition) is 1. The van der Waals surface area contributed by atoms with Crippen molar-refractivity contribution in [2.24, 2.45) is 0 Å². The maximum absolute atomic E-state index is 12.7. The fourth-order valence-corrected chi connectivity index (χ4v) is 3.40. The lowest BCUT2D eigenvalue weighted by molar-refractivity contribution is -0.274. The van der Waals surface area contributed by atoms with Gasteiger partial charge in [0.05, 0.1) is 6.54 Å². The fourth-order valence-electron chi connectivity index (χ4n) is 3.40. The van der Waals surface area contributed by atoms with E-state index in [1.807, 2.05) is 36.1 Å². The summed E-state index contributed by atoms with van der Waals surface area (Å²) in [5, 5.41) is 2.64. The van der Waals surface area contributed by atoms with Crippen LogP contribution >= 0.6 is 0 Å². The van der Waals surface area contributed by atoms with Crippen LogP contribution in [0.5, 0.6) is 11.5 Å². The summed E-state index contributed by atoms with van der Waals surface area (Å²) in [6.45, 7) is 5.78. The molecule has 1 saturated heterocycles. The highest BCUT2D eigenvalue weighted by atomic mass is 19.4. The summed E-state index contributed by atoms with van der Waals surface area (Å²) in [5.41, 5.74) is 1.47. The van der Waals surface area contributed by atoms with Crippen molar-refractivity contribution in [2.75, 3.05) is 38.0 Å². The third-order valence-electron chi connectivity index (χ3n) is 5.10. The molecule has 178 valence electrons. The summed E-state index contributed by atoms with van der Waals surface area (Å²) in [4.78, 5) is 28.6. The molecule has 2 aromatic rings. The Morgan fingerprint density at radius 2 is 1.55 bits per heavy atom. The van der Waals surface area contributed by atoms with E-state index in [0.29, 0.717) is 37.6 Å². The first-order valence-corrected chi connectivity index (χ1v) is 10.5. The van der Waals surface area contributed by atoms with Crippen LogP contribution in [0, 0.1) is 6.92 Å². The molecule has 33 heavy (non-hydrogen) atoms. The molecule has 1 N–H and O–H groups in total. The molecule has 1 aliphatic rings. The smallest absolute Gasteiger partial charge is 0.481 e. The molecule has 0 aliphatic carbocycles. The van der Waals surface area contributed by atoms with E-state index in [-0.39, 0.29) is 24.1 Å². The molecule has 0 bridgehead atoms. The summed E-state index contributed by atoms with van der Waals surface area (Å²) in [7, 11) is 0. The number of carbonyl (C=O) groups is 2. The third-order valence-corrected chi connectivity index (χ3v) is 5.10. The highest BCUT2D eigenvalue weighted by Crippen LogP contribution is 2.24. The molecule has 0 radical (unpaired) electrons. The molecular formula is C23H26F3N3O4. The Hall–Kier alpha value is -3.27. The Morgan fingerprint density at radius 3 is 2.12 bits per heavy atom. The van der Waals surface area contributed by atoms with Crippen LogP contribution in [0.2, 0.25) is 0 Å². The van der Waals surface area contributed by atoms with Crippen molar-refractivity contribution in [1.29, 1.82) is 0 Å². The van der Waals surface area contributed by atoms with Crippen LogP contribution in [0.4, 0.5) is 18.9 Å². The van der Waals surface area contributed by atoms with Crippen LogP contribution in [0.15, 0.2) is 48.5 Å². The molecule has 3 rings (SSSR count). The van der Waals surface area contributed by atoms with Gasteiger partial charge in [-0.05, 0) is 50.2 Å². The molecule has 1 fully saturated rings. The number of carbonyl (C=O) groups excluding carboxylic acids is 2. The minimum atomic E-state index is -4.76. The van der Waals surface area contributed by atoms with Gasteiger partial charge in [0, 0.05) is 31.9 Å². The zero-order valence-corrected chi connectivity index (χ0v) is 18.4. The van der Waals surface area contributed by atoms with Gasteiger partial charge in [-0.2, -0.15) is 0 Å². The van der Waals surface area contributed by atoms with Crippen molar-refractivity contribution < 1.29 is 32.2 Å². The number of alkyl halides is 3. The molecule has 1 aliphatic heterocycles. The van der Waals surface area contributed by atoms with E-state index >= 15 is 0 Å². The van der Waals surface area contributed by atoms with E-state index in [1.54, 1.807) is 11.8 Å². The SMILES string of the molecule is Cc1ccc(O[C@@H](C)C(=O)N2CCN(CC(=O)Nc3ccc(OC(F)(F)F)cc3)CC2)cc1. The van der Waals surface area contributed by atoms with Crippen molar-refractivity contribution in [3.05, 3.63) is 54.1 Å². The lowest BCUT2D eigenvalue weighted by Gasteiger charge is -2.35. The number of halogens is 3. The van der Waals surface area contributed by atoms with Crippen molar-refractivity contribution in [3.8, 4) is 11.5 Å². The maximum Gasteiger partial charge on any atom is 0.573 e. The highest BCUT2D eigenvalue weighted by Gasteiger charge is 2.31. The van der Waals surface area contributed by atoms with E-state index in [9.17, 15) is 22.8 Å². The van der Waals surface area contributed by atoms with Gasteiger partial charge in [-0.1, -0.05) is 17.7 Å². The Labute approximate surface area is 190 Å². The zero-order chi connectivity index (χ0) is 24.0. The summed E-state index contributed by atoms with van der Waals surface area (Å²) in [5.74, 6) is -0.132. The number of nitrogens with zero attached hydrogens (tertiary/aromatic N) is 2. The standard InChI is InChI=1S/C23H26F3N3O4/c1-16-3-7-19(8-4-16)32-17(2)22(31)29-13-11-28(12-14-29)15-21(30)27-18-5-9-20(10-6-18)33-23(24,25)26/h3-10,17H,11-15H2,1-2H3,(H,27,30)/t17-/m0/s1. The van der Waals surface area contributed by atoms with Crippen molar-refractivity contribution >= 4 is 17.5 Å². The minimum Gasteiger partial charge on any atom is -0.481 e. The van der Waals surface area contributed by atoms with Crippen LogP contribution < -0.4 is 14.8 Å². The Morgan fingerprint density at radius 1 is 0.970 bits per heavy atom. The van der Waals surface area contributed by atoms with Crippen LogP contribution in [0.1, 0.15) is 12.5 Å². The predicted molar refractivity (Wildman–Crippen MR) is 116 cm³/mol. The number of hydrogen-bond acceptors (Lipinski definition) is 5. The average Bonchev–Trinajstić information content (AvgIpc) is 2.75. The highest BCUT2D eigenvalue weighted by molar-refractivity contribution is 5.92. The molecule has 1 heterocycles. The largest absolute Gasteiger partial charge is 0.573 e. The molecule has 0 unspecified atom stereocenters. The number of piperazine rings is 1. The third kappa shape index (κ3) is 7.67. The molecule has 2 aromatic carbocycles. The fraction of sp³-hybridized carbons (Fsp3) is 0.391. The van der Waals surface area contributed by atoms with E-state index in [0.717, 1.165) is 17.7 Å². The number of ether oxygens (including phenoxy) is 2. The molecule has 0 saturated carbocycles. The Bertz CT molecular complexity index is 941. The Balaban J connectivity index is 1.41. The van der Waals surface area contributed by atoms with Gasteiger partial charge in [0.25, 0.3) is 5.91 Å². The predicted octanol–water partition coefficient (Wildman–Crippen LogP) is 3.44. The molecule has 1 atom stereocenters. The molecule has 0 spiro atoms. The number of anilines is 1. The second kappa shape index (κ2) is 10.6. The summed E-state index contributed by atoms with van der Waals surface area (Å²) in [6, 6.07) is 12.4. The molecular weight excluding hydrogens is 439 g/mol. The quantitative estimate of drug-likeness (QED) is 0.679. The molecule has 10 heteroatoms. The number of rotatable bonds is 7. The molecule has 2 amide bonds. The van der Waals surface area contributed by atoms with Crippen molar-refractivity contribution in [3.63, 3.8) is 0 Å². The van der Waals surface area contributed by atoms with Crippen molar-refractivity contribution in [1.82, 2.24) is 9.80 Å². The first-order valence-electron chi connectivity index (χ1n) is 10.5. The van der Waals surface area contributed by atoms with E-state index < -0.39 is 12.5 Å². The van der Waals surface area contributed by atoms with E-state index in [2.05, 4.69) is 10.1 Å². The van der Waals surface area contributed by atoms with Crippen molar-refractivity contribution in [2.45, 2.75) is 26.3 Å². The van der Waals surface area contributed by atoms with Crippen LogP contribution in [-0.4, -0.2) is 66.8 Å². The van der Waals surface area contributed by atoms with Gasteiger partial charge in [0.1, 0.15) is 11.5 Å². The zero-order valence-electron chi connectivity index (χ0n) is 18.4. The second-order valence-corrected chi connectivity index (χ2v) is 7.79. The van der Waals surface area contributed by atoms with Gasteiger partial charge in [0.2, 0.25) is 5.91 Å². The molecule has 0 aromatic heterocycles. The van der Waals surface area contributed by atoms with Gasteiger partial charge in [-0.25, -0.2) is 0 Å². The number of benzene rings is 2. The van der Waals surface area contributed by atoms with E-state index in [1.165, 1.54) is 12.1 Å². The first-order chi connectivity index (χ1) is 15.6. The average molecular weight is 465 g/mol. The first kappa shape index (κ1) is 24.4. The number of aryl methyl sites for hydroxylation is 1. The summed E-state index contributed by atoms with van der Waals surface area (Å²) < 4.78 is 46.2. The lowest BCUT2D eigenvalue weighted by atomic mass is 10.2. The molecule has 7 nitrogen and oxygen atoms in total. The number of nitrogens with one attached hydrogen (secondary N) is 1. The minimum absolute atomic E-state index is 0.109. The lowest BCUT2D eigenvalue weighted by Crippen LogP contribution is -2.53. The van der Waals surface area contributed by atoms with Gasteiger partial charge in [-0.15, -0.1) is 13.2 Å². The second-order valence-electron chi connectivity index (χ2n) is 7.79. The van der Waals surface area contributed by atoms with Gasteiger partial charge >= 0.3 is 6.36 Å². The van der Waals surface area contributed by atoms with Gasteiger partial charge < -0.3 is 19.7 Å². The normalized spacial score (nSPS) is 15.6.